The number of anilines is 1. The molecule has 0 bridgehead atoms. The molecule has 1 heterocycles. The Kier molecular flexibility index (Phi) is 14.8. The summed E-state index contributed by atoms with van der Waals surface area (Å²) in [5, 5.41) is 101. The molecule has 0 saturated heterocycles. The maximum atomic E-state index is 13.1. The molecule has 1 amide bonds. The van der Waals surface area contributed by atoms with Crippen molar-refractivity contribution in [2.24, 2.45) is 0 Å². The van der Waals surface area contributed by atoms with Crippen LogP contribution in [0.4, 0.5) is 5.69 Å². The first kappa shape index (κ1) is 36.9. The number of amidine groups is 1. The van der Waals surface area contributed by atoms with Crippen LogP contribution in [-0.2, 0) is 6.54 Å². The zero-order valence-electron chi connectivity index (χ0n) is 24.9. The molecule has 0 radical (unpaired) electrons. The van der Waals surface area contributed by atoms with Gasteiger partial charge in [0.2, 0.25) is 5.84 Å². The molecular weight excluding hydrogens is 568 g/mol. The molecule has 2 rings (SSSR count). The van der Waals surface area contributed by atoms with Gasteiger partial charge in [-0.25, -0.2) is 4.90 Å². The maximum absolute atomic E-state index is 13.1. The zero-order chi connectivity index (χ0) is 32.4. The van der Waals surface area contributed by atoms with E-state index in [0.29, 0.717) is 12.1 Å². The lowest BCUT2D eigenvalue weighted by atomic mass is 10.0. The fraction of sp³-hybridized carbons (Fsp3) is 0.714. The number of nitrogens with zero attached hydrogens (tertiary/aromatic N) is 3. The van der Waals surface area contributed by atoms with Crippen molar-refractivity contribution in [2.75, 3.05) is 57.4 Å². The molecule has 11 N–H and O–H groups in total. The van der Waals surface area contributed by atoms with Crippen LogP contribution in [0.25, 0.3) is 0 Å². The number of amides is 1. The van der Waals surface area contributed by atoms with Crippen molar-refractivity contribution in [3.63, 3.8) is 0 Å². The molecule has 0 unspecified atom stereocenters. The van der Waals surface area contributed by atoms with Crippen LogP contribution < -0.4 is 10.2 Å². The van der Waals surface area contributed by atoms with Gasteiger partial charge in [0.25, 0.3) is 5.91 Å². The average Bonchev–Trinajstić information content (AvgIpc) is 3.01. The Morgan fingerprint density at radius 1 is 0.884 bits per heavy atom. The Hall–Kier alpha value is -2.28. The first-order chi connectivity index (χ1) is 20.3. The normalized spacial score (nSPS) is 19.3. The van der Waals surface area contributed by atoms with Crippen molar-refractivity contribution in [1.29, 1.82) is 0 Å². The topological polar surface area (TPSA) is 241 Å². The number of carbonyl (C=O) groups is 1. The number of fused-ring (bicyclic) bond motifs is 1. The fourth-order valence-corrected chi connectivity index (χ4v) is 5.05. The minimum Gasteiger partial charge on any atom is -0.394 e. The molecule has 8 atom stereocenters. The lowest BCUT2D eigenvalue weighted by Crippen LogP contribution is -2.54. The summed E-state index contributed by atoms with van der Waals surface area (Å²) in [5.74, 6) is 0.693. The van der Waals surface area contributed by atoms with E-state index >= 15 is 0 Å². The highest BCUT2D eigenvalue weighted by Gasteiger charge is 2.34. The summed E-state index contributed by atoms with van der Waals surface area (Å²) in [7, 11) is 0. The van der Waals surface area contributed by atoms with Crippen LogP contribution in [0.3, 0.4) is 0 Å². The third kappa shape index (κ3) is 9.60. The zero-order valence-corrected chi connectivity index (χ0v) is 24.9. The third-order valence-electron chi connectivity index (χ3n) is 7.80. The van der Waals surface area contributed by atoms with Crippen LogP contribution in [0.1, 0.15) is 36.7 Å². The summed E-state index contributed by atoms with van der Waals surface area (Å²) in [6.45, 7) is 5.76. The van der Waals surface area contributed by atoms with Gasteiger partial charge in [0.1, 0.15) is 48.9 Å². The lowest BCUT2D eigenvalue weighted by Gasteiger charge is -2.33. The summed E-state index contributed by atoms with van der Waals surface area (Å²) in [6, 6.07) is 5.43. The molecule has 1 aromatic rings. The van der Waals surface area contributed by atoms with Crippen molar-refractivity contribution < 1.29 is 60.4 Å². The Bertz CT molecular complexity index is 1030. The minimum atomic E-state index is -1.90. The number of rotatable bonds is 18. The first-order valence-corrected chi connectivity index (χ1v) is 14.5. The molecule has 43 heavy (non-hydrogen) atoms. The summed E-state index contributed by atoms with van der Waals surface area (Å²) < 4.78 is 2.24. The smallest absolute Gasteiger partial charge is 0.251 e. The molecule has 15 heteroatoms. The van der Waals surface area contributed by atoms with Crippen molar-refractivity contribution in [3.05, 3.63) is 29.3 Å². The maximum Gasteiger partial charge on any atom is 0.251 e. The highest BCUT2D eigenvalue weighted by Crippen LogP contribution is 2.27. The highest BCUT2D eigenvalue weighted by atomic mass is 16.4. The van der Waals surface area contributed by atoms with Crippen LogP contribution in [0.2, 0.25) is 0 Å². The standard InChI is InChI=1S/C28H48N4O11/c1-4-31-11-18-7-6-17(10-19(18)32(5-2)16(31)3)28(43)29-8-9-30(12-20(35)24(39)26(41)22(37)14-33)13-21(36)25(40)27(42)23(38)15-34/h6-7,10,20-27,33-42H,4-5,8-9,11-15H2,1-3H3/p+1/t20-,21-,22+,23+,24+,25+,26+,27+/m0/s1. The van der Waals surface area contributed by atoms with Crippen LogP contribution in [-0.4, -0.2) is 174 Å². The molecule has 0 aliphatic carbocycles. The Morgan fingerprint density at radius 2 is 1.40 bits per heavy atom. The molecule has 1 aromatic carbocycles. The van der Waals surface area contributed by atoms with Gasteiger partial charge in [0.05, 0.1) is 38.5 Å². The van der Waals surface area contributed by atoms with E-state index in [1.54, 1.807) is 6.07 Å². The van der Waals surface area contributed by atoms with E-state index in [1.165, 1.54) is 4.90 Å². The Morgan fingerprint density at radius 3 is 1.86 bits per heavy atom. The SMILES string of the molecule is CCN1C(C)=[N+](CC)Cc2ccc(C(=O)NCCN(C[C@H](O)[C@@H](O)[C@H](O)[C@H](O)CO)C[C@H](O)[C@@H](O)[C@H](O)[C@H](O)CO)cc21. The summed E-state index contributed by atoms with van der Waals surface area (Å²) in [4.78, 5) is 16.5. The molecule has 246 valence electrons. The number of aliphatic hydroxyl groups is 10. The number of benzene rings is 1. The van der Waals surface area contributed by atoms with Crippen molar-refractivity contribution >= 4 is 17.4 Å². The van der Waals surface area contributed by atoms with E-state index in [9.17, 15) is 45.6 Å². The van der Waals surface area contributed by atoms with Gasteiger partial charge in [-0.2, -0.15) is 0 Å². The predicted octanol–water partition coefficient (Wildman–Crippen LogP) is -4.62. The van der Waals surface area contributed by atoms with Crippen LogP contribution in [0, 0.1) is 0 Å². The molecule has 0 fully saturated rings. The summed E-state index contributed by atoms with van der Waals surface area (Å²) in [6.07, 6.45) is -14.4. The number of hydrogen-bond acceptors (Lipinski definition) is 13. The van der Waals surface area contributed by atoms with E-state index in [2.05, 4.69) is 21.7 Å². The summed E-state index contributed by atoms with van der Waals surface area (Å²) >= 11 is 0. The quantitative estimate of drug-likeness (QED) is 0.0696. The van der Waals surface area contributed by atoms with Crippen molar-refractivity contribution in [2.45, 2.75) is 76.1 Å². The van der Waals surface area contributed by atoms with Crippen molar-refractivity contribution in [3.8, 4) is 0 Å². The number of nitrogens with one attached hydrogen (secondary N) is 1. The predicted molar refractivity (Wildman–Crippen MR) is 156 cm³/mol. The second-order valence-corrected chi connectivity index (χ2v) is 10.8. The van der Waals surface area contributed by atoms with Gasteiger partial charge < -0.3 is 56.4 Å². The average molecular weight is 618 g/mol. The molecule has 1 aliphatic heterocycles. The first-order valence-electron chi connectivity index (χ1n) is 14.5. The molecule has 0 saturated carbocycles. The molecule has 1 aliphatic rings. The highest BCUT2D eigenvalue weighted by molar-refractivity contribution is 5.99. The van der Waals surface area contributed by atoms with E-state index in [1.807, 2.05) is 26.0 Å². The second kappa shape index (κ2) is 17.3. The van der Waals surface area contributed by atoms with Crippen LogP contribution >= 0.6 is 0 Å². The van der Waals surface area contributed by atoms with Gasteiger partial charge >= 0.3 is 0 Å². The van der Waals surface area contributed by atoms with Gasteiger partial charge in [-0.3, -0.25) is 14.3 Å². The third-order valence-corrected chi connectivity index (χ3v) is 7.80. The van der Waals surface area contributed by atoms with Gasteiger partial charge in [0.15, 0.2) is 0 Å². The molecule has 15 nitrogen and oxygen atoms in total. The fourth-order valence-electron chi connectivity index (χ4n) is 5.05. The van der Waals surface area contributed by atoms with Crippen LogP contribution in [0.15, 0.2) is 18.2 Å². The van der Waals surface area contributed by atoms with E-state index < -0.39 is 81.0 Å². The largest absolute Gasteiger partial charge is 0.394 e. The number of aliphatic hydroxyl groups excluding tert-OH is 10. The van der Waals surface area contributed by atoms with Crippen molar-refractivity contribution in [1.82, 2.24) is 10.2 Å². The monoisotopic (exact) mass is 617 g/mol. The van der Waals surface area contributed by atoms with E-state index in [4.69, 9.17) is 10.2 Å². The van der Waals surface area contributed by atoms with Gasteiger partial charge in [-0.1, -0.05) is 6.07 Å². The molecular formula is C28H49N4O11+. The van der Waals surface area contributed by atoms with Gasteiger partial charge in [-0.05, 0) is 26.0 Å². The number of carbonyl (C=O) groups excluding carboxylic acids is 1. The number of hydrogen-bond donors (Lipinski definition) is 11. The Balaban J connectivity index is 2.14. The van der Waals surface area contributed by atoms with E-state index in [0.717, 1.165) is 30.2 Å². The molecule has 0 spiro atoms. The molecule has 0 aromatic heterocycles. The van der Waals surface area contributed by atoms with Gasteiger partial charge in [0, 0.05) is 44.2 Å². The van der Waals surface area contributed by atoms with Crippen LogP contribution in [0.5, 0.6) is 0 Å². The van der Waals surface area contributed by atoms with E-state index in [-0.39, 0.29) is 13.1 Å². The summed E-state index contributed by atoms with van der Waals surface area (Å²) in [5.41, 5.74) is 2.43. The minimum absolute atomic E-state index is 0.0164. The second-order valence-electron chi connectivity index (χ2n) is 10.8. The van der Waals surface area contributed by atoms with Gasteiger partial charge in [-0.15, -0.1) is 0 Å². The Labute approximate surface area is 251 Å². The lowest BCUT2D eigenvalue weighted by molar-refractivity contribution is -0.543.